The molecule has 1 aromatic rings. The Labute approximate surface area is 90.5 Å². The number of nitrogens with one attached hydrogen (secondary N) is 1. The van der Waals surface area contributed by atoms with E-state index in [4.69, 9.17) is 7.85 Å². The number of pyridine rings is 1. The van der Waals surface area contributed by atoms with Gasteiger partial charge in [0.2, 0.25) is 0 Å². The second-order valence-corrected chi connectivity index (χ2v) is 3.46. The Kier molecular flexibility index (Phi) is 3.71. The minimum Gasteiger partial charge on any atom is -0.464 e. The number of rotatable bonds is 3. The zero-order valence-corrected chi connectivity index (χ0v) is 9.07. The highest BCUT2D eigenvalue weighted by Gasteiger charge is 2.13. The third-order valence-corrected chi connectivity index (χ3v) is 1.73. The largest absolute Gasteiger partial charge is 0.464 e. The molecule has 0 spiro atoms. The molecule has 0 aliphatic rings. The molecule has 0 saturated heterocycles. The lowest BCUT2D eigenvalue weighted by Crippen LogP contribution is -2.18. The fourth-order valence-electron chi connectivity index (χ4n) is 1.16. The Bertz CT molecular complexity index is 366. The maximum atomic E-state index is 11.4. The van der Waals surface area contributed by atoms with Crippen molar-refractivity contribution in [2.75, 3.05) is 12.4 Å². The molecule has 0 aliphatic carbocycles. The molecule has 0 amide bonds. The molecule has 0 unspecified atom stereocenters. The number of aromatic nitrogens is 1. The molecule has 2 radical (unpaired) electrons. The molecule has 1 heterocycles. The van der Waals surface area contributed by atoms with Gasteiger partial charge in [0, 0.05) is 12.2 Å². The van der Waals surface area contributed by atoms with Crippen LogP contribution in [0.5, 0.6) is 0 Å². The molecule has 0 saturated carbocycles. The third-order valence-electron chi connectivity index (χ3n) is 1.73. The number of carbonyl (C=O) groups excluding carboxylic acids is 1. The van der Waals surface area contributed by atoms with Gasteiger partial charge in [-0.25, -0.2) is 9.78 Å². The smallest absolute Gasteiger partial charge is 0.358 e. The molecule has 1 rings (SSSR count). The van der Waals surface area contributed by atoms with Gasteiger partial charge < -0.3 is 10.1 Å². The monoisotopic (exact) mass is 204 g/mol. The number of hydrogen-bond acceptors (Lipinski definition) is 4. The molecule has 0 aromatic carbocycles. The predicted molar refractivity (Wildman–Crippen MR) is 59.7 cm³/mol. The van der Waals surface area contributed by atoms with Crippen molar-refractivity contribution in [2.45, 2.75) is 19.9 Å². The van der Waals surface area contributed by atoms with Gasteiger partial charge in [-0.15, -0.1) is 0 Å². The number of ether oxygens (including phenoxy) is 1. The summed E-state index contributed by atoms with van der Waals surface area (Å²) in [5.41, 5.74) is 1.35. The summed E-state index contributed by atoms with van der Waals surface area (Å²) in [6.07, 6.45) is 1.43. The summed E-state index contributed by atoms with van der Waals surface area (Å²) in [4.78, 5) is 15.3. The van der Waals surface area contributed by atoms with Gasteiger partial charge in [0.1, 0.15) is 7.85 Å². The van der Waals surface area contributed by atoms with Gasteiger partial charge in [-0.2, -0.15) is 0 Å². The minimum atomic E-state index is -0.474. The second-order valence-electron chi connectivity index (χ2n) is 3.46. The summed E-state index contributed by atoms with van der Waals surface area (Å²) in [7, 11) is 6.91. The van der Waals surface area contributed by atoms with Crippen LogP contribution < -0.4 is 10.8 Å². The van der Waals surface area contributed by atoms with Crippen molar-refractivity contribution >= 4 is 25.0 Å². The molecule has 1 N–H and O–H groups in total. The van der Waals surface area contributed by atoms with Crippen LogP contribution in [0.3, 0.4) is 0 Å². The van der Waals surface area contributed by atoms with Gasteiger partial charge in [0.25, 0.3) is 0 Å². The number of anilines is 1. The van der Waals surface area contributed by atoms with Crippen LogP contribution in [0.25, 0.3) is 0 Å². The van der Waals surface area contributed by atoms with Crippen LogP contribution in [0.2, 0.25) is 0 Å². The molecule has 15 heavy (non-hydrogen) atoms. The molecule has 0 atom stereocenters. The van der Waals surface area contributed by atoms with Gasteiger partial charge >= 0.3 is 5.97 Å². The summed E-state index contributed by atoms with van der Waals surface area (Å²) in [5.74, 6) is -0.474. The van der Waals surface area contributed by atoms with Gasteiger partial charge in [0.05, 0.1) is 12.8 Å². The first-order chi connectivity index (χ1) is 7.04. The lowest BCUT2D eigenvalue weighted by molar-refractivity contribution is 0.0595. The molecule has 0 bridgehead atoms. The first-order valence-electron chi connectivity index (χ1n) is 4.65. The summed E-state index contributed by atoms with van der Waals surface area (Å²) in [6.45, 7) is 3.93. The minimum absolute atomic E-state index is 0.192. The number of hydrogen-bond donors (Lipinski definition) is 1. The fraction of sp³-hybridized carbons (Fsp3) is 0.400. The quantitative estimate of drug-likeness (QED) is 0.574. The standard InChI is InChI=1S/C10H13BN2O2/c1-6(2)13-8-4-7(11)5-12-9(8)10(14)15-3/h4-6,13H,1-3H3. The number of nitrogens with zero attached hydrogens (tertiary/aromatic N) is 1. The van der Waals surface area contributed by atoms with Gasteiger partial charge in [0.15, 0.2) is 5.69 Å². The number of methoxy groups -OCH3 is 1. The average molecular weight is 204 g/mol. The average Bonchev–Trinajstić information content (AvgIpc) is 2.16. The molecular formula is C10H13BN2O2. The van der Waals surface area contributed by atoms with Crippen LogP contribution in [-0.2, 0) is 4.74 Å². The maximum absolute atomic E-state index is 11.4. The van der Waals surface area contributed by atoms with E-state index in [1.54, 1.807) is 6.07 Å². The van der Waals surface area contributed by atoms with E-state index in [9.17, 15) is 4.79 Å². The van der Waals surface area contributed by atoms with E-state index in [1.165, 1.54) is 13.3 Å². The van der Waals surface area contributed by atoms with E-state index < -0.39 is 5.97 Å². The summed E-state index contributed by atoms with van der Waals surface area (Å²) in [5, 5.41) is 3.09. The lowest BCUT2D eigenvalue weighted by Gasteiger charge is -2.13. The van der Waals surface area contributed by atoms with Gasteiger partial charge in [-0.3, -0.25) is 0 Å². The van der Waals surface area contributed by atoms with Crippen molar-refractivity contribution in [3.05, 3.63) is 18.0 Å². The lowest BCUT2D eigenvalue weighted by atomic mass is 9.97. The Balaban J connectivity index is 3.08. The van der Waals surface area contributed by atoms with Crippen LogP contribution in [0.4, 0.5) is 5.69 Å². The van der Waals surface area contributed by atoms with Crippen molar-refractivity contribution in [1.29, 1.82) is 0 Å². The van der Waals surface area contributed by atoms with Crippen molar-refractivity contribution in [1.82, 2.24) is 4.98 Å². The first-order valence-corrected chi connectivity index (χ1v) is 4.65. The van der Waals surface area contributed by atoms with Crippen LogP contribution in [-0.4, -0.2) is 32.0 Å². The van der Waals surface area contributed by atoms with E-state index in [0.717, 1.165) is 0 Å². The molecular weight excluding hydrogens is 191 g/mol. The van der Waals surface area contributed by atoms with Crippen molar-refractivity contribution in [3.8, 4) is 0 Å². The summed E-state index contributed by atoms with van der Waals surface area (Å²) >= 11 is 0. The van der Waals surface area contributed by atoms with E-state index in [0.29, 0.717) is 11.2 Å². The predicted octanol–water partition coefficient (Wildman–Crippen LogP) is 0.482. The van der Waals surface area contributed by atoms with E-state index in [1.807, 2.05) is 13.8 Å². The van der Waals surface area contributed by atoms with Crippen LogP contribution >= 0.6 is 0 Å². The van der Waals surface area contributed by atoms with Crippen molar-refractivity contribution in [3.63, 3.8) is 0 Å². The SMILES string of the molecule is [B]c1cnc(C(=O)OC)c(NC(C)C)c1. The Morgan fingerprint density at radius 2 is 2.27 bits per heavy atom. The van der Waals surface area contributed by atoms with Crippen molar-refractivity contribution < 1.29 is 9.53 Å². The van der Waals surface area contributed by atoms with E-state index in [2.05, 4.69) is 15.0 Å². The molecule has 1 aromatic heterocycles. The third kappa shape index (κ3) is 2.97. The number of esters is 1. The van der Waals surface area contributed by atoms with Crippen LogP contribution in [0.15, 0.2) is 12.3 Å². The summed E-state index contributed by atoms with van der Waals surface area (Å²) in [6, 6.07) is 1.86. The highest BCUT2D eigenvalue weighted by Crippen LogP contribution is 2.12. The zero-order chi connectivity index (χ0) is 11.4. The molecule has 4 nitrogen and oxygen atoms in total. The van der Waals surface area contributed by atoms with Crippen LogP contribution in [0.1, 0.15) is 24.3 Å². The summed E-state index contributed by atoms with van der Waals surface area (Å²) < 4.78 is 4.62. The molecule has 0 fully saturated rings. The van der Waals surface area contributed by atoms with Gasteiger partial charge in [-0.1, -0.05) is 5.46 Å². The Hall–Kier alpha value is -1.52. The fourth-order valence-corrected chi connectivity index (χ4v) is 1.16. The Morgan fingerprint density at radius 1 is 1.60 bits per heavy atom. The topological polar surface area (TPSA) is 51.2 Å². The highest BCUT2D eigenvalue weighted by molar-refractivity contribution is 6.32. The zero-order valence-electron chi connectivity index (χ0n) is 9.07. The highest BCUT2D eigenvalue weighted by atomic mass is 16.5. The number of carbonyl (C=O) groups is 1. The normalized spacial score (nSPS) is 10.1. The van der Waals surface area contributed by atoms with E-state index >= 15 is 0 Å². The van der Waals surface area contributed by atoms with E-state index in [-0.39, 0.29) is 11.7 Å². The molecule has 5 heteroatoms. The molecule has 0 aliphatic heterocycles. The van der Waals surface area contributed by atoms with Gasteiger partial charge in [-0.05, 0) is 19.9 Å². The molecule has 78 valence electrons. The maximum Gasteiger partial charge on any atom is 0.358 e. The first kappa shape index (κ1) is 11.6. The Morgan fingerprint density at radius 3 is 2.80 bits per heavy atom. The second kappa shape index (κ2) is 4.82. The van der Waals surface area contributed by atoms with Crippen molar-refractivity contribution in [2.24, 2.45) is 0 Å². The van der Waals surface area contributed by atoms with Crippen LogP contribution in [0, 0.1) is 0 Å².